The topological polar surface area (TPSA) is 66.4 Å². The molecule has 0 aliphatic heterocycles. The summed E-state index contributed by atoms with van der Waals surface area (Å²) in [6.45, 7) is 15.6. The van der Waals surface area contributed by atoms with E-state index in [4.69, 9.17) is 23.7 Å². The van der Waals surface area contributed by atoms with Crippen LogP contribution in [-0.4, -0.2) is 68.9 Å². The first-order chi connectivity index (χ1) is 47.0. The van der Waals surface area contributed by atoms with Gasteiger partial charge in [0.1, 0.15) is 23.4 Å². The number of unbranched alkanes of at least 4 members (excludes halogenated alkanes) is 30. The highest BCUT2D eigenvalue weighted by molar-refractivity contribution is 9.09. The third-order valence-corrected chi connectivity index (χ3v) is 18.5. The summed E-state index contributed by atoms with van der Waals surface area (Å²) in [7, 11) is 0. The van der Waals surface area contributed by atoms with Crippen LogP contribution >= 0.6 is 15.9 Å². The van der Waals surface area contributed by atoms with Gasteiger partial charge in [-0.2, -0.15) is 0 Å². The van der Waals surface area contributed by atoms with Crippen LogP contribution in [0.4, 0.5) is 0 Å². The summed E-state index contributed by atoms with van der Waals surface area (Å²) in [5.41, 5.74) is 4.83. The van der Waals surface area contributed by atoms with Crippen molar-refractivity contribution < 1.29 is 28.8 Å². The molecule has 2 atom stereocenters. The Bertz CT molecular complexity index is 2430. The number of hydrogen-bond acceptors (Lipinski definition) is 6. The molecule has 0 saturated carbocycles. The van der Waals surface area contributed by atoms with E-state index in [0.717, 1.165) is 83.8 Å². The highest BCUT2D eigenvalue weighted by Crippen LogP contribution is 2.42. The van der Waals surface area contributed by atoms with Crippen LogP contribution in [0.5, 0.6) is 0 Å². The minimum atomic E-state index is -0.820. The van der Waals surface area contributed by atoms with Crippen LogP contribution in [0.25, 0.3) is 0 Å². The Balaban J connectivity index is 0.000000453. The molecule has 6 nitrogen and oxygen atoms in total. The second kappa shape index (κ2) is 59.0. The van der Waals surface area contributed by atoms with Crippen LogP contribution in [0.15, 0.2) is 207 Å². The summed E-state index contributed by atoms with van der Waals surface area (Å²) in [4.78, 5) is 0. The SMILES string of the molecule is C.C=CCCCCBr.C=CCCCCOC(COCCCCCCCCCCCCCCCC)COC(c1ccccc1)(c1ccccc1)c1ccccc1.CCCCCCCCCCCCCCCCOCC(O)COC(c1ccccc1)(c1ccccc1)c1ccccc1. The van der Waals surface area contributed by atoms with Crippen molar-refractivity contribution in [3.63, 3.8) is 0 Å². The molecular formula is C89H133BrO6. The summed E-state index contributed by atoms with van der Waals surface area (Å²) >= 11 is 3.35. The molecule has 0 spiro atoms. The predicted octanol–water partition coefficient (Wildman–Crippen LogP) is 25.5. The van der Waals surface area contributed by atoms with Gasteiger partial charge in [0.05, 0.1) is 26.4 Å². The molecule has 6 aromatic carbocycles. The van der Waals surface area contributed by atoms with Crippen LogP contribution in [0.3, 0.4) is 0 Å². The molecule has 0 aliphatic carbocycles. The Morgan fingerprint density at radius 1 is 0.333 bits per heavy atom. The number of hydrogen-bond donors (Lipinski definition) is 1. The Morgan fingerprint density at radius 2 is 0.594 bits per heavy atom. The maximum atomic E-state index is 10.8. The Morgan fingerprint density at radius 3 is 0.885 bits per heavy atom. The second-order valence-electron chi connectivity index (χ2n) is 25.9. The Kier molecular flexibility index (Phi) is 52.4. The third kappa shape index (κ3) is 36.2. The van der Waals surface area contributed by atoms with E-state index in [9.17, 15) is 5.11 Å². The van der Waals surface area contributed by atoms with Gasteiger partial charge in [-0.15, -0.1) is 13.2 Å². The Hall–Kier alpha value is -4.96. The first-order valence-corrected chi connectivity index (χ1v) is 39.0. The number of ether oxygens (including phenoxy) is 5. The molecule has 0 aliphatic rings. The van der Waals surface area contributed by atoms with Crippen LogP contribution in [0.2, 0.25) is 0 Å². The largest absolute Gasteiger partial charge is 0.388 e. The highest BCUT2D eigenvalue weighted by atomic mass is 79.9. The Labute approximate surface area is 596 Å². The summed E-state index contributed by atoms with van der Waals surface area (Å²) in [6.07, 6.45) is 47.8. The van der Waals surface area contributed by atoms with Gasteiger partial charge >= 0.3 is 0 Å². The van der Waals surface area contributed by atoms with Crippen molar-refractivity contribution in [3.8, 4) is 0 Å². The van der Waals surface area contributed by atoms with E-state index in [-0.39, 0.29) is 26.7 Å². The number of aliphatic hydroxyl groups is 1. The zero-order chi connectivity index (χ0) is 67.5. The van der Waals surface area contributed by atoms with Crippen molar-refractivity contribution in [3.05, 3.63) is 241 Å². The summed E-state index contributed by atoms with van der Waals surface area (Å²) in [5.74, 6) is 0. The van der Waals surface area contributed by atoms with Crippen molar-refractivity contribution in [1.29, 1.82) is 0 Å². The van der Waals surface area contributed by atoms with Crippen LogP contribution in [0, 0.1) is 0 Å². The van der Waals surface area contributed by atoms with Gasteiger partial charge in [0.2, 0.25) is 0 Å². The van der Waals surface area contributed by atoms with Crippen LogP contribution < -0.4 is 0 Å². The average Bonchev–Trinajstić information content (AvgIpc) is 0.770. The lowest BCUT2D eigenvalue weighted by atomic mass is 9.80. The summed E-state index contributed by atoms with van der Waals surface area (Å²) in [5, 5.41) is 11.9. The molecule has 0 heterocycles. The number of aliphatic hydroxyl groups excluding tert-OH is 1. The molecular weight excluding hydrogens is 1240 g/mol. The fourth-order valence-corrected chi connectivity index (χ4v) is 12.8. The second-order valence-corrected chi connectivity index (χ2v) is 26.7. The molecule has 0 fully saturated rings. The first kappa shape index (κ1) is 85.3. The van der Waals surface area contributed by atoms with E-state index >= 15 is 0 Å². The molecule has 0 bridgehead atoms. The molecule has 96 heavy (non-hydrogen) atoms. The van der Waals surface area contributed by atoms with Gasteiger partial charge in [-0.25, -0.2) is 0 Å². The highest BCUT2D eigenvalue weighted by Gasteiger charge is 2.39. The van der Waals surface area contributed by atoms with Gasteiger partial charge < -0.3 is 28.8 Å². The van der Waals surface area contributed by atoms with E-state index < -0.39 is 17.3 Å². The number of benzene rings is 6. The van der Waals surface area contributed by atoms with Gasteiger partial charge in [0.15, 0.2) is 0 Å². The van der Waals surface area contributed by atoms with Gasteiger partial charge in [0, 0.05) is 25.2 Å². The molecule has 1 N–H and O–H groups in total. The first-order valence-electron chi connectivity index (χ1n) is 37.8. The van der Waals surface area contributed by atoms with Crippen molar-refractivity contribution in [2.45, 2.75) is 263 Å². The van der Waals surface area contributed by atoms with Crippen molar-refractivity contribution in [1.82, 2.24) is 0 Å². The molecule has 0 saturated heterocycles. The normalized spacial score (nSPS) is 12.0. The van der Waals surface area contributed by atoms with E-state index in [1.807, 2.05) is 66.7 Å². The molecule has 0 amide bonds. The molecule has 2 unspecified atom stereocenters. The fourth-order valence-electron chi connectivity index (χ4n) is 12.4. The smallest absolute Gasteiger partial charge is 0.143 e. The van der Waals surface area contributed by atoms with Gasteiger partial charge in [-0.05, 0) is 84.7 Å². The lowest BCUT2D eigenvalue weighted by Crippen LogP contribution is -2.37. The van der Waals surface area contributed by atoms with Crippen molar-refractivity contribution in [2.75, 3.05) is 51.6 Å². The molecule has 0 radical (unpaired) electrons. The number of halogens is 1. The number of rotatable bonds is 56. The lowest BCUT2D eigenvalue weighted by molar-refractivity contribution is -0.0922. The fraction of sp³-hybridized carbons (Fsp3) is 0.551. The number of alkyl halides is 1. The monoisotopic (exact) mass is 1380 g/mol. The van der Waals surface area contributed by atoms with Gasteiger partial charge in [0.25, 0.3) is 0 Å². The maximum absolute atomic E-state index is 10.8. The molecule has 7 heteroatoms. The molecule has 0 aromatic heterocycles. The summed E-state index contributed by atoms with van der Waals surface area (Å²) in [6, 6.07) is 62.6. The van der Waals surface area contributed by atoms with Crippen LogP contribution in [0.1, 0.15) is 273 Å². The predicted molar refractivity (Wildman–Crippen MR) is 417 cm³/mol. The van der Waals surface area contributed by atoms with Gasteiger partial charge in [-0.3, -0.25) is 0 Å². The van der Waals surface area contributed by atoms with E-state index in [0.29, 0.717) is 26.4 Å². The van der Waals surface area contributed by atoms with Crippen molar-refractivity contribution in [2.24, 2.45) is 0 Å². The average molecular weight is 1380 g/mol. The third-order valence-electron chi connectivity index (χ3n) is 17.9. The minimum absolute atomic E-state index is 0. The van der Waals surface area contributed by atoms with E-state index in [1.54, 1.807) is 0 Å². The number of allylic oxidation sites excluding steroid dienone is 2. The quantitative estimate of drug-likeness (QED) is 0.0178. The maximum Gasteiger partial charge on any atom is 0.143 e. The summed E-state index contributed by atoms with van der Waals surface area (Å²) < 4.78 is 32.3. The minimum Gasteiger partial charge on any atom is -0.388 e. The lowest BCUT2D eigenvalue weighted by Gasteiger charge is -2.37. The van der Waals surface area contributed by atoms with E-state index in [1.165, 1.54) is 180 Å². The van der Waals surface area contributed by atoms with Crippen LogP contribution in [-0.2, 0) is 34.9 Å². The van der Waals surface area contributed by atoms with Gasteiger partial charge in [-0.1, -0.05) is 398 Å². The molecule has 6 rings (SSSR count). The molecule has 532 valence electrons. The zero-order valence-electron chi connectivity index (χ0n) is 59.6. The van der Waals surface area contributed by atoms with E-state index in [2.05, 4.69) is 170 Å². The molecule has 6 aromatic rings. The standard InChI is InChI=1S/C44H64O3.C38H54O3.C6H11Br.CH4/c1-3-5-7-9-10-11-12-13-14-15-16-17-18-28-36-45-38-43(46-37-29-8-6-4-2)39-47-44(40-30-22-19-23-31-40,41-32-24-20-25-33-41)42-34-26-21-27-35-42;1-2-3-4-5-6-7-8-9-10-11-12-13-14-24-31-40-32-37(39)33-41-38(34-25-18-15-19-26-34,35-27-20-16-21-28-35)36-29-22-17-23-30-36;1-2-3-4-5-6-7;/h4,19-27,30-35,43H,2-3,5-18,28-29,36-39H2,1H3;15-23,25-30,37,39H,2-14,24,31-33H2,1H3;2H,1,3-6H2;1H4. The van der Waals surface area contributed by atoms with Crippen molar-refractivity contribution >= 4 is 15.9 Å². The zero-order valence-corrected chi connectivity index (χ0v) is 61.2.